The Hall–Kier alpha value is -4.05. The largest absolute Gasteiger partial charge is 0.511 e. The summed E-state index contributed by atoms with van der Waals surface area (Å²) in [6.45, 7) is 0. The first-order valence-electron chi connectivity index (χ1n) is 19.3. The van der Waals surface area contributed by atoms with E-state index in [1.807, 2.05) is 30.3 Å². The minimum absolute atomic E-state index is 0.107. The van der Waals surface area contributed by atoms with Crippen LogP contribution in [0.2, 0.25) is 0 Å². The van der Waals surface area contributed by atoms with Crippen molar-refractivity contribution >= 4 is 17.8 Å². The second-order valence-electron chi connectivity index (χ2n) is 15.8. The van der Waals surface area contributed by atoms with Gasteiger partial charge in [0.2, 0.25) is 0 Å². The van der Waals surface area contributed by atoms with E-state index in [9.17, 15) is 20.1 Å². The van der Waals surface area contributed by atoms with Crippen LogP contribution in [-0.2, 0) is 16.6 Å². The fourth-order valence-corrected chi connectivity index (χ4v) is 10.0. The molecule has 0 aromatic heterocycles. The van der Waals surface area contributed by atoms with E-state index in [1.165, 1.54) is 56.1 Å². The predicted molar refractivity (Wildman–Crippen MR) is 202 cm³/mol. The van der Waals surface area contributed by atoms with E-state index >= 15 is 0 Å². The molecule has 4 heteroatoms. The highest BCUT2D eigenvalue weighted by Gasteiger charge is 2.50. The molecule has 50 heavy (non-hydrogen) atoms. The number of aliphatic hydroxyl groups excluding tert-OH is 1. The lowest BCUT2D eigenvalue weighted by molar-refractivity contribution is -0.145. The van der Waals surface area contributed by atoms with Gasteiger partial charge in [-0.2, -0.15) is 0 Å². The van der Waals surface area contributed by atoms with Crippen LogP contribution in [0.25, 0.3) is 11.8 Å². The molecule has 3 N–H and O–H groups in total. The Morgan fingerprint density at radius 1 is 0.800 bits per heavy atom. The number of phenolic OH excluding ortho intramolecular Hbond substituents is 1. The van der Waals surface area contributed by atoms with Gasteiger partial charge < -0.3 is 15.3 Å². The Kier molecular flexibility index (Phi) is 10.6. The highest BCUT2D eigenvalue weighted by molar-refractivity contribution is 5.73. The molecular formula is C46H54O4. The second-order valence-corrected chi connectivity index (χ2v) is 15.8. The number of rotatable bonds is 9. The van der Waals surface area contributed by atoms with Gasteiger partial charge in [0.15, 0.2) is 0 Å². The van der Waals surface area contributed by atoms with Crippen molar-refractivity contribution in [3.63, 3.8) is 0 Å². The third-order valence-electron chi connectivity index (χ3n) is 12.8. The van der Waals surface area contributed by atoms with Crippen LogP contribution >= 0.6 is 0 Å². The van der Waals surface area contributed by atoms with E-state index < -0.39 is 17.3 Å². The Balaban J connectivity index is 1.19. The number of hydrogen-bond acceptors (Lipinski definition) is 3. The second kappa shape index (κ2) is 15.5. The zero-order chi connectivity index (χ0) is 34.5. The van der Waals surface area contributed by atoms with Gasteiger partial charge in [0.25, 0.3) is 0 Å². The lowest BCUT2D eigenvalue weighted by Crippen LogP contribution is -2.48. The highest BCUT2D eigenvalue weighted by atomic mass is 16.4. The van der Waals surface area contributed by atoms with Gasteiger partial charge in [-0.25, -0.2) is 0 Å². The monoisotopic (exact) mass is 670 g/mol. The summed E-state index contributed by atoms with van der Waals surface area (Å²) in [6.07, 6.45) is 26.0. The Labute approximate surface area is 298 Å². The molecule has 4 aliphatic rings. The molecule has 7 atom stereocenters. The van der Waals surface area contributed by atoms with Gasteiger partial charge in [0.05, 0.1) is 5.92 Å². The molecule has 4 aliphatic carbocycles. The molecule has 7 rings (SSSR count). The van der Waals surface area contributed by atoms with Crippen LogP contribution in [0.1, 0.15) is 106 Å². The molecule has 1 spiro atoms. The van der Waals surface area contributed by atoms with Gasteiger partial charge in [0.1, 0.15) is 11.5 Å². The number of carboxylic acids is 1. The lowest BCUT2D eigenvalue weighted by Gasteiger charge is -2.48. The molecule has 1 fully saturated rings. The number of phenols is 1. The normalized spacial score (nSPS) is 29.6. The van der Waals surface area contributed by atoms with Gasteiger partial charge in [0, 0.05) is 16.6 Å². The van der Waals surface area contributed by atoms with Gasteiger partial charge in [-0.1, -0.05) is 117 Å². The van der Waals surface area contributed by atoms with Gasteiger partial charge in [-0.05, 0) is 122 Å². The molecule has 2 bridgehead atoms. The molecule has 0 aliphatic heterocycles. The molecule has 0 amide bonds. The quantitative estimate of drug-likeness (QED) is 0.157. The summed E-state index contributed by atoms with van der Waals surface area (Å²) in [6, 6.07) is 24.7. The van der Waals surface area contributed by atoms with Crippen LogP contribution in [0.5, 0.6) is 5.75 Å². The molecule has 1 saturated carbocycles. The summed E-state index contributed by atoms with van der Waals surface area (Å²) in [4.78, 5) is 13.3. The summed E-state index contributed by atoms with van der Waals surface area (Å²) in [5, 5.41) is 34.7. The van der Waals surface area contributed by atoms with Crippen molar-refractivity contribution in [1.29, 1.82) is 0 Å². The molecule has 0 saturated heterocycles. The third-order valence-corrected chi connectivity index (χ3v) is 12.8. The zero-order valence-corrected chi connectivity index (χ0v) is 29.4. The number of carboxylic acid groups (broad SMARTS) is 1. The highest BCUT2D eigenvalue weighted by Crippen LogP contribution is 2.53. The molecule has 4 nitrogen and oxygen atoms in total. The first-order chi connectivity index (χ1) is 24.4. The summed E-state index contributed by atoms with van der Waals surface area (Å²) < 4.78 is 0. The van der Waals surface area contributed by atoms with Crippen molar-refractivity contribution < 1.29 is 20.1 Å². The number of fused-ring (bicyclic) bond motifs is 5. The molecule has 0 radical (unpaired) electrons. The lowest BCUT2D eigenvalue weighted by atomic mass is 9.55. The number of aromatic hydroxyl groups is 1. The maximum atomic E-state index is 13.3. The van der Waals surface area contributed by atoms with Crippen molar-refractivity contribution in [2.75, 3.05) is 0 Å². The summed E-state index contributed by atoms with van der Waals surface area (Å²) in [5.41, 5.74) is 2.99. The van der Waals surface area contributed by atoms with Gasteiger partial charge in [-0.3, -0.25) is 4.79 Å². The number of hydrogen-bond donors (Lipinski definition) is 3. The number of allylic oxidation sites excluding steroid dienone is 4. The van der Waals surface area contributed by atoms with Crippen molar-refractivity contribution in [2.45, 2.75) is 101 Å². The number of aliphatic carboxylic acids is 1. The number of benzene rings is 3. The zero-order valence-electron chi connectivity index (χ0n) is 29.4. The Morgan fingerprint density at radius 3 is 2.40 bits per heavy atom. The molecule has 3 aromatic carbocycles. The van der Waals surface area contributed by atoms with Crippen molar-refractivity contribution in [2.24, 2.45) is 29.6 Å². The summed E-state index contributed by atoms with van der Waals surface area (Å²) >= 11 is 0. The van der Waals surface area contributed by atoms with Crippen LogP contribution in [0, 0.1) is 29.6 Å². The topological polar surface area (TPSA) is 77.8 Å². The first-order valence-corrected chi connectivity index (χ1v) is 19.3. The third kappa shape index (κ3) is 7.36. The standard InChI is InChI=1S/C46H54O4/c47-39-24-22-35(23-25-39)41-29-33-15-11-19-38(28-33)46(27-26-37-30-36-18-7-9-20-40(36)44(48)42(37)31-46)43(45(49)50)21-10-8-17-34(41)16-4-2-1-3-12-32-13-5-6-14-32/h5,7-11,13,15,18-20,22-25,28,30,32,34,37,41-43,47-48H,1-4,6,12,14,16-17,21,26-27,29,31H2,(H,49,50)/b10-8+/t32-,34+,37-,41-,42-,43-,46+/m1/s1. The predicted octanol–water partition coefficient (Wildman–Crippen LogP) is 9.51. The van der Waals surface area contributed by atoms with Crippen LogP contribution in [0.3, 0.4) is 0 Å². The molecular weight excluding hydrogens is 617 g/mol. The van der Waals surface area contributed by atoms with Crippen molar-refractivity contribution in [3.8, 4) is 5.75 Å². The average molecular weight is 671 g/mol. The molecule has 262 valence electrons. The van der Waals surface area contributed by atoms with E-state index in [2.05, 4.69) is 72.8 Å². The fraction of sp³-hybridized carbons (Fsp3) is 0.457. The van der Waals surface area contributed by atoms with Crippen molar-refractivity contribution in [1.82, 2.24) is 0 Å². The van der Waals surface area contributed by atoms with Crippen LogP contribution in [0.15, 0.2) is 97.1 Å². The number of aliphatic hydroxyl groups is 1. The van der Waals surface area contributed by atoms with E-state index in [0.29, 0.717) is 24.5 Å². The molecule has 3 aromatic rings. The van der Waals surface area contributed by atoms with Crippen LogP contribution in [0.4, 0.5) is 0 Å². The van der Waals surface area contributed by atoms with Gasteiger partial charge in [-0.15, -0.1) is 0 Å². The number of unbranched alkanes of at least 4 members (excludes halogenated alkanes) is 3. The van der Waals surface area contributed by atoms with E-state index in [-0.39, 0.29) is 23.5 Å². The first kappa shape index (κ1) is 34.4. The summed E-state index contributed by atoms with van der Waals surface area (Å²) in [7, 11) is 0. The van der Waals surface area contributed by atoms with E-state index in [1.54, 1.807) is 0 Å². The molecule has 0 unspecified atom stereocenters. The summed E-state index contributed by atoms with van der Waals surface area (Å²) in [5.74, 6) is 0.941. The van der Waals surface area contributed by atoms with Crippen molar-refractivity contribution in [3.05, 3.63) is 124 Å². The Morgan fingerprint density at radius 2 is 1.60 bits per heavy atom. The van der Waals surface area contributed by atoms with Gasteiger partial charge >= 0.3 is 5.97 Å². The van der Waals surface area contributed by atoms with E-state index in [0.717, 1.165) is 54.0 Å². The smallest absolute Gasteiger partial charge is 0.307 e. The minimum atomic E-state index is -0.748. The number of carbonyl (C=O) groups is 1. The Bertz CT molecular complexity index is 1820. The minimum Gasteiger partial charge on any atom is -0.511 e. The average Bonchev–Trinajstić information content (AvgIpc) is 3.65. The SMILES string of the molecule is O=C(O)[C@H]1C/C=C/C[C@H](CCCCCC[C@@H]2C=CCC2)[C@H](c2ccc(O)cc2)Cc2cccc(c2)[C@@]12CC[C@@H]1C=c3ccccc3=C(O)[C@@H]1C2. The van der Waals surface area contributed by atoms with Crippen LogP contribution < -0.4 is 10.4 Å². The maximum Gasteiger partial charge on any atom is 0.307 e. The van der Waals surface area contributed by atoms with E-state index in [4.69, 9.17) is 0 Å². The van der Waals surface area contributed by atoms with Crippen LogP contribution in [-0.4, -0.2) is 21.3 Å². The molecule has 0 heterocycles. The fourth-order valence-electron chi connectivity index (χ4n) is 10.0. The maximum absolute atomic E-state index is 13.3.